The Bertz CT molecular complexity index is 607. The van der Waals surface area contributed by atoms with Gasteiger partial charge in [-0.3, -0.25) is 4.79 Å². The minimum Gasteiger partial charge on any atom is -0.345 e. The molecule has 0 saturated heterocycles. The number of benzene rings is 2. The highest BCUT2D eigenvalue weighted by molar-refractivity contribution is 7.98. The number of rotatable bonds is 5. The molecule has 1 N–H and O–H groups in total. The van der Waals surface area contributed by atoms with Crippen LogP contribution >= 0.6 is 11.8 Å². The normalized spacial score (nSPS) is 12.0. The van der Waals surface area contributed by atoms with E-state index in [1.807, 2.05) is 30.5 Å². The first-order valence-electron chi connectivity index (χ1n) is 7.16. The topological polar surface area (TPSA) is 29.1 Å². The van der Waals surface area contributed by atoms with Crippen molar-refractivity contribution in [1.29, 1.82) is 0 Å². The Morgan fingerprint density at radius 1 is 1.14 bits per heavy atom. The van der Waals surface area contributed by atoms with Crippen molar-refractivity contribution >= 4 is 17.7 Å². The smallest absolute Gasteiger partial charge is 0.252 e. The van der Waals surface area contributed by atoms with E-state index in [1.54, 1.807) is 11.8 Å². The van der Waals surface area contributed by atoms with Gasteiger partial charge in [0.15, 0.2) is 0 Å². The first-order chi connectivity index (χ1) is 10.2. The van der Waals surface area contributed by atoms with Crippen molar-refractivity contribution in [2.45, 2.75) is 31.2 Å². The molecule has 3 heteroatoms. The second-order valence-corrected chi connectivity index (χ2v) is 5.89. The maximum absolute atomic E-state index is 12.5. The van der Waals surface area contributed by atoms with Crippen molar-refractivity contribution in [3.63, 3.8) is 0 Å². The van der Waals surface area contributed by atoms with Crippen LogP contribution in [0.25, 0.3) is 0 Å². The van der Waals surface area contributed by atoms with Gasteiger partial charge in [0.05, 0.1) is 11.6 Å². The minimum atomic E-state index is -0.00706. The fraction of sp³-hybridized carbons (Fsp3) is 0.278. The number of hydrogen-bond acceptors (Lipinski definition) is 2. The van der Waals surface area contributed by atoms with Crippen LogP contribution in [0.2, 0.25) is 0 Å². The van der Waals surface area contributed by atoms with Gasteiger partial charge in [-0.15, -0.1) is 11.8 Å². The number of carbonyl (C=O) groups is 1. The summed E-state index contributed by atoms with van der Waals surface area (Å²) in [5.41, 5.74) is 3.13. The van der Waals surface area contributed by atoms with Gasteiger partial charge >= 0.3 is 0 Å². The van der Waals surface area contributed by atoms with E-state index >= 15 is 0 Å². The van der Waals surface area contributed by atoms with Crippen molar-refractivity contribution in [2.75, 3.05) is 6.26 Å². The molecule has 0 aliphatic heterocycles. The molecule has 0 spiro atoms. The maximum atomic E-state index is 12.5. The van der Waals surface area contributed by atoms with E-state index < -0.39 is 0 Å². The third-order valence-corrected chi connectivity index (χ3v) is 4.34. The summed E-state index contributed by atoms with van der Waals surface area (Å²) in [7, 11) is 0. The van der Waals surface area contributed by atoms with Crippen LogP contribution in [-0.2, 0) is 0 Å². The summed E-state index contributed by atoms with van der Waals surface area (Å²) in [6.07, 6.45) is 2.86. The Morgan fingerprint density at radius 2 is 1.81 bits per heavy atom. The van der Waals surface area contributed by atoms with Crippen LogP contribution in [-0.4, -0.2) is 12.2 Å². The van der Waals surface area contributed by atoms with Crippen LogP contribution in [0.3, 0.4) is 0 Å². The molecule has 1 amide bonds. The molecule has 0 radical (unpaired) electrons. The minimum absolute atomic E-state index is 0.00706. The lowest BCUT2D eigenvalue weighted by molar-refractivity contribution is 0.0932. The molecule has 2 nitrogen and oxygen atoms in total. The van der Waals surface area contributed by atoms with Gasteiger partial charge in [0.2, 0.25) is 0 Å². The average Bonchev–Trinajstić information content (AvgIpc) is 2.53. The molecule has 2 aromatic carbocycles. The molecule has 0 unspecified atom stereocenters. The standard InChI is InChI=1S/C18H21NOS/c1-4-16(14-11-9-13(2)10-12-14)19-18(20)15-7-5-6-8-17(15)21-3/h5-12,16H,4H2,1-3H3,(H,19,20)/t16-/m0/s1. The summed E-state index contributed by atoms with van der Waals surface area (Å²) < 4.78 is 0. The third kappa shape index (κ3) is 3.88. The average molecular weight is 299 g/mol. The lowest BCUT2D eigenvalue weighted by atomic mass is 10.0. The van der Waals surface area contributed by atoms with E-state index in [1.165, 1.54) is 5.56 Å². The predicted molar refractivity (Wildman–Crippen MR) is 89.9 cm³/mol. The molecule has 21 heavy (non-hydrogen) atoms. The first-order valence-corrected chi connectivity index (χ1v) is 8.38. The van der Waals surface area contributed by atoms with Crippen LogP contribution in [0.1, 0.15) is 40.9 Å². The number of thioether (sulfide) groups is 1. The number of carbonyl (C=O) groups excluding carboxylic acids is 1. The van der Waals surface area contributed by atoms with E-state index in [9.17, 15) is 4.79 Å². The lowest BCUT2D eigenvalue weighted by Crippen LogP contribution is -2.28. The Kier molecular flexibility index (Phi) is 5.45. The van der Waals surface area contributed by atoms with Gasteiger partial charge in [-0.05, 0) is 37.3 Å². The molecule has 0 aliphatic carbocycles. The number of hydrogen-bond donors (Lipinski definition) is 1. The van der Waals surface area contributed by atoms with Gasteiger partial charge in [-0.1, -0.05) is 48.9 Å². The zero-order valence-electron chi connectivity index (χ0n) is 12.7. The number of nitrogens with one attached hydrogen (secondary N) is 1. The molecule has 0 saturated carbocycles. The molecular weight excluding hydrogens is 278 g/mol. The highest BCUT2D eigenvalue weighted by Gasteiger charge is 2.16. The van der Waals surface area contributed by atoms with Crippen LogP contribution in [0.4, 0.5) is 0 Å². The van der Waals surface area contributed by atoms with Crippen LogP contribution in [0.15, 0.2) is 53.4 Å². The van der Waals surface area contributed by atoms with Crippen molar-refractivity contribution in [2.24, 2.45) is 0 Å². The molecule has 2 rings (SSSR count). The van der Waals surface area contributed by atoms with E-state index in [0.29, 0.717) is 0 Å². The second kappa shape index (κ2) is 7.32. The predicted octanol–water partition coefficient (Wildman–Crippen LogP) is 4.60. The zero-order chi connectivity index (χ0) is 15.2. The van der Waals surface area contributed by atoms with Crippen LogP contribution in [0.5, 0.6) is 0 Å². The molecule has 0 bridgehead atoms. The monoisotopic (exact) mass is 299 g/mol. The molecule has 0 aliphatic rings. The SMILES string of the molecule is CC[C@H](NC(=O)c1ccccc1SC)c1ccc(C)cc1. The van der Waals surface area contributed by atoms with Crippen molar-refractivity contribution < 1.29 is 4.79 Å². The molecule has 0 heterocycles. The zero-order valence-corrected chi connectivity index (χ0v) is 13.5. The molecule has 110 valence electrons. The summed E-state index contributed by atoms with van der Waals surface area (Å²) in [4.78, 5) is 13.5. The van der Waals surface area contributed by atoms with Gasteiger partial charge in [0.1, 0.15) is 0 Å². The van der Waals surface area contributed by atoms with Crippen molar-refractivity contribution in [3.8, 4) is 0 Å². The molecule has 0 fully saturated rings. The Morgan fingerprint density at radius 3 is 2.43 bits per heavy atom. The highest BCUT2D eigenvalue weighted by Crippen LogP contribution is 2.22. The lowest BCUT2D eigenvalue weighted by Gasteiger charge is -2.18. The van der Waals surface area contributed by atoms with Gasteiger partial charge in [0.25, 0.3) is 5.91 Å². The maximum Gasteiger partial charge on any atom is 0.252 e. The fourth-order valence-corrected chi connectivity index (χ4v) is 2.88. The van der Waals surface area contributed by atoms with Gasteiger partial charge in [-0.25, -0.2) is 0 Å². The van der Waals surface area contributed by atoms with E-state index in [2.05, 4.69) is 43.4 Å². The Labute approximate surface area is 131 Å². The fourth-order valence-electron chi connectivity index (χ4n) is 2.29. The number of aryl methyl sites for hydroxylation is 1. The van der Waals surface area contributed by atoms with Crippen LogP contribution < -0.4 is 5.32 Å². The van der Waals surface area contributed by atoms with E-state index in [-0.39, 0.29) is 11.9 Å². The molecule has 1 atom stereocenters. The quantitative estimate of drug-likeness (QED) is 0.818. The largest absolute Gasteiger partial charge is 0.345 e. The summed E-state index contributed by atoms with van der Waals surface area (Å²) in [5.74, 6) is -0.00706. The van der Waals surface area contributed by atoms with Gasteiger partial charge < -0.3 is 5.32 Å². The highest BCUT2D eigenvalue weighted by atomic mass is 32.2. The summed E-state index contributed by atoms with van der Waals surface area (Å²) in [6.45, 7) is 4.16. The van der Waals surface area contributed by atoms with Crippen LogP contribution in [0, 0.1) is 6.92 Å². The van der Waals surface area contributed by atoms with E-state index in [4.69, 9.17) is 0 Å². The first kappa shape index (κ1) is 15.6. The molecule has 2 aromatic rings. The summed E-state index contributed by atoms with van der Waals surface area (Å²) >= 11 is 1.60. The summed E-state index contributed by atoms with van der Waals surface area (Å²) in [5, 5.41) is 3.14. The second-order valence-electron chi connectivity index (χ2n) is 5.05. The Balaban J connectivity index is 2.18. The third-order valence-electron chi connectivity index (χ3n) is 3.54. The summed E-state index contributed by atoms with van der Waals surface area (Å²) in [6, 6.07) is 16.1. The molecular formula is C18H21NOS. The molecule has 0 aromatic heterocycles. The Hall–Kier alpha value is -1.74. The van der Waals surface area contributed by atoms with E-state index in [0.717, 1.165) is 22.4 Å². The van der Waals surface area contributed by atoms with Gasteiger partial charge in [0, 0.05) is 4.90 Å². The van der Waals surface area contributed by atoms with Crippen molar-refractivity contribution in [3.05, 3.63) is 65.2 Å². The number of amides is 1. The van der Waals surface area contributed by atoms with Crippen molar-refractivity contribution in [1.82, 2.24) is 5.32 Å². The van der Waals surface area contributed by atoms with Gasteiger partial charge in [-0.2, -0.15) is 0 Å².